The molecule has 7 nitrogen and oxygen atoms in total. The lowest BCUT2D eigenvalue weighted by Gasteiger charge is -2.32. The van der Waals surface area contributed by atoms with Crippen LogP contribution in [0.25, 0.3) is 0 Å². The molecule has 0 aromatic heterocycles. The molecule has 1 N–H and O–H groups in total. The number of likely N-dealkylation sites (tertiary alicyclic amines) is 1. The van der Waals surface area contributed by atoms with Gasteiger partial charge in [0.15, 0.2) is 0 Å². The van der Waals surface area contributed by atoms with E-state index in [-0.39, 0.29) is 10.6 Å². The van der Waals surface area contributed by atoms with Crippen molar-refractivity contribution in [2.75, 3.05) is 26.2 Å². The van der Waals surface area contributed by atoms with E-state index in [1.807, 2.05) is 6.07 Å². The topological polar surface area (TPSA) is 92.5 Å². The van der Waals surface area contributed by atoms with Crippen LogP contribution in [-0.4, -0.2) is 44.4 Å². The van der Waals surface area contributed by atoms with Gasteiger partial charge in [-0.3, -0.25) is 10.1 Å². The van der Waals surface area contributed by atoms with Crippen molar-refractivity contribution in [1.82, 2.24) is 9.62 Å². The lowest BCUT2D eigenvalue weighted by molar-refractivity contribution is -0.384. The molecule has 1 saturated heterocycles. The highest BCUT2D eigenvalue weighted by Gasteiger charge is 2.22. The van der Waals surface area contributed by atoms with E-state index in [4.69, 9.17) is 0 Å². The van der Waals surface area contributed by atoms with Crippen molar-refractivity contribution >= 4 is 15.7 Å². The first-order valence-corrected chi connectivity index (χ1v) is 10.9. The van der Waals surface area contributed by atoms with Gasteiger partial charge in [0.2, 0.25) is 10.0 Å². The second kappa shape index (κ2) is 9.27. The number of nitro benzene ring substituents is 1. The van der Waals surface area contributed by atoms with E-state index in [9.17, 15) is 18.5 Å². The Labute approximate surface area is 165 Å². The SMILES string of the molecule is O=[N+]([O-])c1ccc(S(=O)(=O)NCC2CCN(CCc3ccccc3)CC2)cc1. The number of piperidine rings is 1. The molecule has 28 heavy (non-hydrogen) atoms. The highest BCUT2D eigenvalue weighted by atomic mass is 32.2. The molecule has 8 heteroatoms. The van der Waals surface area contributed by atoms with Crippen LogP contribution in [0.15, 0.2) is 59.5 Å². The molecule has 1 aliphatic heterocycles. The van der Waals surface area contributed by atoms with Gasteiger partial charge in [0.1, 0.15) is 0 Å². The third-order valence-corrected chi connectivity index (χ3v) is 6.63. The number of benzene rings is 2. The number of sulfonamides is 1. The Morgan fingerprint density at radius 2 is 1.68 bits per heavy atom. The summed E-state index contributed by atoms with van der Waals surface area (Å²) in [6.45, 7) is 3.35. The van der Waals surface area contributed by atoms with Crippen LogP contribution in [-0.2, 0) is 16.4 Å². The number of non-ortho nitro benzene ring substituents is 1. The minimum Gasteiger partial charge on any atom is -0.303 e. The molecule has 0 bridgehead atoms. The molecule has 0 atom stereocenters. The first kappa shape index (κ1) is 20.4. The summed E-state index contributed by atoms with van der Waals surface area (Å²) in [6, 6.07) is 15.4. The van der Waals surface area contributed by atoms with Crippen LogP contribution in [0.3, 0.4) is 0 Å². The summed E-state index contributed by atoms with van der Waals surface area (Å²) >= 11 is 0. The zero-order valence-electron chi connectivity index (χ0n) is 15.7. The van der Waals surface area contributed by atoms with Crippen molar-refractivity contribution in [2.24, 2.45) is 5.92 Å². The van der Waals surface area contributed by atoms with Crippen LogP contribution in [0.2, 0.25) is 0 Å². The van der Waals surface area contributed by atoms with Gasteiger partial charge in [0.25, 0.3) is 5.69 Å². The van der Waals surface area contributed by atoms with Crippen LogP contribution in [0.4, 0.5) is 5.69 Å². The fraction of sp³-hybridized carbons (Fsp3) is 0.400. The van der Waals surface area contributed by atoms with Crippen LogP contribution < -0.4 is 4.72 Å². The Kier molecular flexibility index (Phi) is 6.77. The van der Waals surface area contributed by atoms with E-state index in [0.29, 0.717) is 12.5 Å². The van der Waals surface area contributed by atoms with Crippen LogP contribution in [0, 0.1) is 16.0 Å². The molecule has 150 valence electrons. The standard InChI is InChI=1S/C20H25N3O4S/c24-23(25)19-6-8-20(9-7-19)28(26,27)21-16-18-11-14-22(15-12-18)13-10-17-4-2-1-3-5-17/h1-9,18,21H,10-16H2. The molecule has 0 saturated carbocycles. The van der Waals surface area contributed by atoms with Crippen molar-refractivity contribution in [1.29, 1.82) is 0 Å². The quantitative estimate of drug-likeness (QED) is 0.540. The van der Waals surface area contributed by atoms with E-state index < -0.39 is 14.9 Å². The number of rotatable bonds is 8. The van der Waals surface area contributed by atoms with E-state index >= 15 is 0 Å². The zero-order valence-corrected chi connectivity index (χ0v) is 16.5. The lowest BCUT2D eigenvalue weighted by Crippen LogP contribution is -2.39. The van der Waals surface area contributed by atoms with Gasteiger partial charge in [-0.25, -0.2) is 13.1 Å². The summed E-state index contributed by atoms with van der Waals surface area (Å²) < 4.78 is 27.4. The normalized spacial score (nSPS) is 16.1. The average Bonchev–Trinajstić information content (AvgIpc) is 2.72. The van der Waals surface area contributed by atoms with E-state index in [2.05, 4.69) is 33.9 Å². The predicted octanol–water partition coefficient (Wildman–Crippen LogP) is 2.83. The first-order chi connectivity index (χ1) is 13.4. The molecule has 0 spiro atoms. The van der Waals surface area contributed by atoms with Crippen molar-refractivity contribution in [3.8, 4) is 0 Å². The van der Waals surface area contributed by atoms with E-state index in [1.54, 1.807) is 0 Å². The third kappa shape index (κ3) is 5.60. The summed E-state index contributed by atoms with van der Waals surface area (Å²) in [6.07, 6.45) is 2.94. The number of hydrogen-bond donors (Lipinski definition) is 1. The molecule has 1 fully saturated rings. The van der Waals surface area contributed by atoms with Crippen molar-refractivity contribution < 1.29 is 13.3 Å². The second-order valence-electron chi connectivity index (χ2n) is 7.12. The Morgan fingerprint density at radius 3 is 2.29 bits per heavy atom. The number of hydrogen-bond acceptors (Lipinski definition) is 5. The van der Waals surface area contributed by atoms with Crippen LogP contribution in [0.1, 0.15) is 18.4 Å². The third-order valence-electron chi connectivity index (χ3n) is 5.19. The van der Waals surface area contributed by atoms with E-state index in [1.165, 1.54) is 29.8 Å². The first-order valence-electron chi connectivity index (χ1n) is 9.44. The summed E-state index contributed by atoms with van der Waals surface area (Å²) in [5, 5.41) is 10.7. The molecule has 0 unspecified atom stereocenters. The molecule has 1 heterocycles. The molecule has 0 amide bonds. The maximum atomic E-state index is 12.4. The zero-order chi connectivity index (χ0) is 20.0. The van der Waals surface area contributed by atoms with Crippen molar-refractivity contribution in [3.05, 3.63) is 70.3 Å². The minimum atomic E-state index is -3.65. The molecule has 0 radical (unpaired) electrons. The molecule has 3 rings (SSSR count). The molecule has 0 aliphatic carbocycles. The van der Waals surface area contributed by atoms with Crippen LogP contribution in [0.5, 0.6) is 0 Å². The maximum absolute atomic E-state index is 12.4. The van der Waals surface area contributed by atoms with Gasteiger partial charge in [-0.1, -0.05) is 30.3 Å². The van der Waals surface area contributed by atoms with Gasteiger partial charge in [-0.15, -0.1) is 0 Å². The summed E-state index contributed by atoms with van der Waals surface area (Å²) in [5.41, 5.74) is 1.21. The van der Waals surface area contributed by atoms with Gasteiger partial charge in [0, 0.05) is 25.2 Å². The van der Waals surface area contributed by atoms with E-state index in [0.717, 1.165) is 38.9 Å². The van der Waals surface area contributed by atoms with Crippen molar-refractivity contribution in [3.63, 3.8) is 0 Å². The summed E-state index contributed by atoms with van der Waals surface area (Å²) in [5.74, 6) is 0.306. The Bertz CT molecular complexity index is 877. The molecular formula is C20H25N3O4S. The van der Waals surface area contributed by atoms with Gasteiger partial charge >= 0.3 is 0 Å². The number of nitrogens with one attached hydrogen (secondary N) is 1. The highest BCUT2D eigenvalue weighted by molar-refractivity contribution is 7.89. The second-order valence-corrected chi connectivity index (χ2v) is 8.89. The number of nitro groups is 1. The predicted molar refractivity (Wildman–Crippen MR) is 108 cm³/mol. The molecular weight excluding hydrogens is 378 g/mol. The minimum absolute atomic E-state index is 0.0541. The fourth-order valence-electron chi connectivity index (χ4n) is 3.40. The Hall–Kier alpha value is -2.29. The maximum Gasteiger partial charge on any atom is 0.269 e. The molecule has 1 aliphatic rings. The lowest BCUT2D eigenvalue weighted by atomic mass is 9.97. The molecule has 2 aromatic rings. The largest absolute Gasteiger partial charge is 0.303 e. The fourth-order valence-corrected chi connectivity index (χ4v) is 4.52. The smallest absolute Gasteiger partial charge is 0.269 e. The van der Waals surface area contributed by atoms with Gasteiger partial charge < -0.3 is 4.90 Å². The summed E-state index contributed by atoms with van der Waals surface area (Å²) in [7, 11) is -3.65. The monoisotopic (exact) mass is 403 g/mol. The van der Waals surface area contributed by atoms with Gasteiger partial charge in [-0.2, -0.15) is 0 Å². The summed E-state index contributed by atoms with van der Waals surface area (Å²) in [4.78, 5) is 12.6. The Morgan fingerprint density at radius 1 is 1.04 bits per heavy atom. The highest BCUT2D eigenvalue weighted by Crippen LogP contribution is 2.19. The van der Waals surface area contributed by atoms with Crippen LogP contribution >= 0.6 is 0 Å². The van der Waals surface area contributed by atoms with Gasteiger partial charge in [0.05, 0.1) is 9.82 Å². The van der Waals surface area contributed by atoms with Gasteiger partial charge in [-0.05, 0) is 56.0 Å². The Balaban J connectivity index is 1.43. The van der Waals surface area contributed by atoms with Crippen molar-refractivity contribution in [2.45, 2.75) is 24.2 Å². The molecule has 2 aromatic carbocycles. The number of nitrogens with zero attached hydrogens (tertiary/aromatic N) is 2. The average molecular weight is 404 g/mol.